The molecule has 0 spiro atoms. The van der Waals surface area contributed by atoms with Crippen molar-refractivity contribution < 1.29 is 23.8 Å². The number of aryl methyl sites for hydroxylation is 1. The van der Waals surface area contributed by atoms with Gasteiger partial charge in [-0.1, -0.05) is 6.07 Å². The molecule has 0 aromatic heterocycles. The molecule has 0 saturated heterocycles. The van der Waals surface area contributed by atoms with Crippen LogP contribution in [0.2, 0.25) is 0 Å². The fraction of sp³-hybridized carbons (Fsp3) is 0.429. The highest BCUT2D eigenvalue weighted by atomic mass is 35.5. The Balaban J connectivity index is 2.47. The van der Waals surface area contributed by atoms with E-state index in [0.717, 1.165) is 5.56 Å². The van der Waals surface area contributed by atoms with Gasteiger partial charge in [0.15, 0.2) is 11.5 Å². The SMILES string of the molecule is COc1ccc(C)cc1OC(=O)CCC(=O)OCC(Cl)Cl. The minimum Gasteiger partial charge on any atom is -0.493 e. The normalized spacial score (nSPS) is 10.3. The van der Waals surface area contributed by atoms with E-state index in [1.165, 1.54) is 7.11 Å². The standard InChI is InChI=1S/C14H16Cl2O5/c1-9-3-4-10(19-2)11(7-9)21-14(18)6-5-13(17)20-8-12(15)16/h3-4,7,12H,5-6,8H2,1-2H3. The van der Waals surface area contributed by atoms with Crippen molar-refractivity contribution in [2.75, 3.05) is 13.7 Å². The average Bonchev–Trinajstić information content (AvgIpc) is 2.43. The second-order valence-electron chi connectivity index (χ2n) is 4.20. The van der Waals surface area contributed by atoms with Crippen LogP contribution in [0, 0.1) is 6.92 Å². The van der Waals surface area contributed by atoms with Gasteiger partial charge in [0.1, 0.15) is 11.4 Å². The minimum absolute atomic E-state index is 0.104. The van der Waals surface area contributed by atoms with Crippen molar-refractivity contribution in [2.45, 2.75) is 24.6 Å². The summed E-state index contributed by atoms with van der Waals surface area (Å²) in [5, 5.41) is 0. The molecule has 21 heavy (non-hydrogen) atoms. The number of esters is 2. The first-order valence-corrected chi connectivity index (χ1v) is 7.08. The van der Waals surface area contributed by atoms with Crippen LogP contribution in [0.15, 0.2) is 18.2 Å². The molecule has 5 nitrogen and oxygen atoms in total. The molecule has 116 valence electrons. The van der Waals surface area contributed by atoms with Crippen LogP contribution in [-0.4, -0.2) is 30.5 Å². The van der Waals surface area contributed by atoms with Crippen LogP contribution in [0.25, 0.3) is 0 Å². The zero-order valence-electron chi connectivity index (χ0n) is 11.7. The number of rotatable bonds is 7. The fourth-order valence-corrected chi connectivity index (χ4v) is 1.60. The molecular formula is C14H16Cl2O5. The zero-order valence-corrected chi connectivity index (χ0v) is 13.2. The predicted molar refractivity (Wildman–Crippen MR) is 79.1 cm³/mol. The summed E-state index contributed by atoms with van der Waals surface area (Å²) >= 11 is 10.8. The second-order valence-corrected chi connectivity index (χ2v) is 5.48. The first-order valence-electron chi connectivity index (χ1n) is 6.21. The first-order chi connectivity index (χ1) is 9.92. The van der Waals surface area contributed by atoms with Gasteiger partial charge in [-0.2, -0.15) is 0 Å². The Labute approximate surface area is 133 Å². The smallest absolute Gasteiger partial charge is 0.311 e. The van der Waals surface area contributed by atoms with Gasteiger partial charge in [-0.25, -0.2) is 0 Å². The van der Waals surface area contributed by atoms with Crippen molar-refractivity contribution in [2.24, 2.45) is 0 Å². The van der Waals surface area contributed by atoms with E-state index in [4.69, 9.17) is 37.4 Å². The third-order valence-corrected chi connectivity index (χ3v) is 2.70. The first kappa shape index (κ1) is 17.6. The van der Waals surface area contributed by atoms with Gasteiger partial charge in [0.25, 0.3) is 0 Å². The predicted octanol–water partition coefficient (Wildman–Crippen LogP) is 3.04. The average molecular weight is 335 g/mol. The van der Waals surface area contributed by atoms with Crippen LogP contribution < -0.4 is 9.47 Å². The molecule has 0 bridgehead atoms. The van der Waals surface area contributed by atoms with Crippen LogP contribution in [-0.2, 0) is 14.3 Å². The minimum atomic E-state index is -0.780. The van der Waals surface area contributed by atoms with Crippen LogP contribution in [0.4, 0.5) is 0 Å². The van der Waals surface area contributed by atoms with Crippen molar-refractivity contribution in [3.8, 4) is 11.5 Å². The lowest BCUT2D eigenvalue weighted by Crippen LogP contribution is -2.14. The highest BCUT2D eigenvalue weighted by molar-refractivity contribution is 6.44. The Hall–Kier alpha value is -1.46. The fourth-order valence-electron chi connectivity index (χ4n) is 1.47. The second kappa shape index (κ2) is 8.74. The number of hydrogen-bond donors (Lipinski definition) is 0. The zero-order chi connectivity index (χ0) is 15.8. The van der Waals surface area contributed by atoms with Gasteiger partial charge >= 0.3 is 11.9 Å². The summed E-state index contributed by atoms with van der Waals surface area (Å²) in [7, 11) is 1.48. The number of ether oxygens (including phenoxy) is 3. The molecule has 0 heterocycles. The van der Waals surface area contributed by atoms with Gasteiger partial charge in [-0.05, 0) is 24.6 Å². The van der Waals surface area contributed by atoms with E-state index in [-0.39, 0.29) is 19.4 Å². The molecule has 0 aliphatic rings. The molecule has 0 aliphatic heterocycles. The molecule has 0 radical (unpaired) electrons. The van der Waals surface area contributed by atoms with Crippen molar-refractivity contribution in [1.82, 2.24) is 0 Å². The number of methoxy groups -OCH3 is 1. The Kier molecular flexibility index (Phi) is 7.32. The van der Waals surface area contributed by atoms with Gasteiger partial charge in [0.2, 0.25) is 0 Å². The summed E-state index contributed by atoms with van der Waals surface area (Å²) in [5.74, 6) is -0.347. The van der Waals surface area contributed by atoms with E-state index >= 15 is 0 Å². The maximum Gasteiger partial charge on any atom is 0.311 e. The van der Waals surface area contributed by atoms with Gasteiger partial charge in [0.05, 0.1) is 20.0 Å². The van der Waals surface area contributed by atoms with E-state index in [2.05, 4.69) is 0 Å². The highest BCUT2D eigenvalue weighted by Crippen LogP contribution is 2.28. The van der Waals surface area contributed by atoms with E-state index < -0.39 is 16.8 Å². The summed E-state index contributed by atoms with van der Waals surface area (Å²) in [6, 6.07) is 5.22. The molecule has 0 N–H and O–H groups in total. The third-order valence-electron chi connectivity index (χ3n) is 2.45. The molecule has 1 aromatic carbocycles. The molecule has 0 fully saturated rings. The molecule has 1 rings (SSSR count). The summed E-state index contributed by atoms with van der Waals surface area (Å²) < 4.78 is 15.0. The Morgan fingerprint density at radius 1 is 1.14 bits per heavy atom. The third kappa shape index (κ3) is 6.69. The molecular weight excluding hydrogens is 319 g/mol. The Bertz CT molecular complexity index is 502. The lowest BCUT2D eigenvalue weighted by atomic mass is 10.2. The molecule has 0 saturated carbocycles. The van der Waals surface area contributed by atoms with E-state index in [9.17, 15) is 9.59 Å². The summed E-state index contributed by atoms with van der Waals surface area (Å²) in [6.07, 6.45) is -0.210. The van der Waals surface area contributed by atoms with Crippen molar-refractivity contribution in [3.05, 3.63) is 23.8 Å². The lowest BCUT2D eigenvalue weighted by molar-refractivity contribution is -0.146. The number of benzene rings is 1. The number of carbonyl (C=O) groups is 2. The van der Waals surface area contributed by atoms with Crippen LogP contribution in [0.1, 0.15) is 18.4 Å². The van der Waals surface area contributed by atoms with Gasteiger partial charge in [0, 0.05) is 0 Å². The van der Waals surface area contributed by atoms with Crippen molar-refractivity contribution >= 4 is 35.1 Å². The molecule has 0 unspecified atom stereocenters. The molecule has 0 amide bonds. The van der Waals surface area contributed by atoms with Crippen LogP contribution in [0.3, 0.4) is 0 Å². The largest absolute Gasteiger partial charge is 0.493 e. The molecule has 0 aliphatic carbocycles. The van der Waals surface area contributed by atoms with Crippen molar-refractivity contribution in [3.63, 3.8) is 0 Å². The van der Waals surface area contributed by atoms with E-state index in [0.29, 0.717) is 11.5 Å². The lowest BCUT2D eigenvalue weighted by Gasteiger charge is -2.10. The number of carbonyl (C=O) groups excluding carboxylic acids is 2. The molecule has 1 aromatic rings. The van der Waals surface area contributed by atoms with Gasteiger partial charge in [-0.15, -0.1) is 23.2 Å². The maximum atomic E-state index is 11.7. The number of hydrogen-bond acceptors (Lipinski definition) is 5. The quantitative estimate of drug-likeness (QED) is 0.435. The summed E-state index contributed by atoms with van der Waals surface area (Å²) in [5.41, 5.74) is 0.924. The Morgan fingerprint density at radius 2 is 1.81 bits per heavy atom. The summed E-state index contributed by atoms with van der Waals surface area (Å²) in [6.45, 7) is 1.76. The molecule has 7 heteroatoms. The van der Waals surface area contributed by atoms with Gasteiger partial charge < -0.3 is 14.2 Å². The van der Waals surface area contributed by atoms with Crippen LogP contribution in [0.5, 0.6) is 11.5 Å². The molecule has 0 atom stereocenters. The van der Waals surface area contributed by atoms with E-state index in [1.54, 1.807) is 12.1 Å². The maximum absolute atomic E-state index is 11.7. The van der Waals surface area contributed by atoms with Crippen LogP contribution >= 0.6 is 23.2 Å². The van der Waals surface area contributed by atoms with E-state index in [1.807, 2.05) is 13.0 Å². The Morgan fingerprint density at radius 3 is 2.43 bits per heavy atom. The monoisotopic (exact) mass is 334 g/mol. The van der Waals surface area contributed by atoms with Crippen molar-refractivity contribution in [1.29, 1.82) is 0 Å². The topological polar surface area (TPSA) is 61.8 Å². The number of halogens is 2. The van der Waals surface area contributed by atoms with Gasteiger partial charge in [-0.3, -0.25) is 9.59 Å². The summed E-state index contributed by atoms with van der Waals surface area (Å²) in [4.78, 5) is 22.2. The highest BCUT2D eigenvalue weighted by Gasteiger charge is 2.13. The number of alkyl halides is 2.